The second-order valence-electron chi connectivity index (χ2n) is 8.17. The highest BCUT2D eigenvalue weighted by molar-refractivity contribution is 7.91. The van der Waals surface area contributed by atoms with Crippen LogP contribution in [0.3, 0.4) is 0 Å². The first-order chi connectivity index (χ1) is 17.3. The number of ether oxygens (including phenoxy) is 1. The first kappa shape index (κ1) is 25.4. The maximum absolute atomic E-state index is 14.1. The van der Waals surface area contributed by atoms with Crippen molar-refractivity contribution in [1.29, 1.82) is 0 Å². The van der Waals surface area contributed by atoms with Crippen LogP contribution in [-0.4, -0.2) is 43.3 Å². The van der Waals surface area contributed by atoms with Gasteiger partial charge in [0.25, 0.3) is 10.0 Å². The fraction of sp³-hybridized carbons (Fsp3) is 0.250. The number of sulfonamides is 1. The molecule has 0 saturated carbocycles. The third kappa shape index (κ3) is 4.73. The molecule has 1 fully saturated rings. The largest absolute Gasteiger partial charge is 0.494 e. The number of amides is 1. The summed E-state index contributed by atoms with van der Waals surface area (Å²) in [7, 11) is -2.33. The van der Waals surface area contributed by atoms with Crippen molar-refractivity contribution < 1.29 is 17.9 Å². The van der Waals surface area contributed by atoms with Gasteiger partial charge in [0.1, 0.15) is 21.5 Å². The van der Waals surface area contributed by atoms with E-state index in [9.17, 15) is 13.2 Å². The first-order valence-corrected chi connectivity index (χ1v) is 14.9. The number of hydrogen-bond acceptors (Lipinski definition) is 7. The minimum absolute atomic E-state index is 0.123. The van der Waals surface area contributed by atoms with Crippen molar-refractivity contribution in [1.82, 2.24) is 9.29 Å². The van der Waals surface area contributed by atoms with Crippen LogP contribution in [0.2, 0.25) is 9.36 Å². The summed E-state index contributed by atoms with van der Waals surface area (Å²) in [5.41, 5.74) is 1.44. The van der Waals surface area contributed by atoms with Crippen LogP contribution in [0.15, 0.2) is 58.8 Å². The van der Waals surface area contributed by atoms with Gasteiger partial charge in [0.2, 0.25) is 5.91 Å². The average Bonchev–Trinajstić information content (AvgIpc) is 3.63. The van der Waals surface area contributed by atoms with Gasteiger partial charge in [-0.3, -0.25) is 9.69 Å². The number of carbonyl (C=O) groups is 1. The van der Waals surface area contributed by atoms with Crippen LogP contribution >= 0.6 is 45.9 Å². The molecule has 2 aromatic heterocycles. The number of thiophene rings is 1. The lowest BCUT2D eigenvalue weighted by atomic mass is 10.1. The predicted octanol–water partition coefficient (Wildman–Crippen LogP) is 6.06. The highest BCUT2D eigenvalue weighted by Gasteiger charge is 2.42. The van der Waals surface area contributed by atoms with Gasteiger partial charge in [-0.1, -0.05) is 64.9 Å². The summed E-state index contributed by atoms with van der Waals surface area (Å²) < 4.78 is 34.8. The fourth-order valence-electron chi connectivity index (χ4n) is 4.23. The minimum atomic E-state index is -3.88. The van der Waals surface area contributed by atoms with E-state index in [4.69, 9.17) is 32.9 Å². The van der Waals surface area contributed by atoms with E-state index in [1.165, 1.54) is 21.7 Å². The van der Waals surface area contributed by atoms with E-state index in [0.717, 1.165) is 16.9 Å². The minimum Gasteiger partial charge on any atom is -0.494 e. The molecule has 0 aliphatic carbocycles. The van der Waals surface area contributed by atoms with E-state index in [1.54, 1.807) is 30.2 Å². The summed E-state index contributed by atoms with van der Waals surface area (Å²) in [5.74, 6) is 0.209. The normalized spacial score (nSPS) is 16.5. The standard InChI is InChI=1S/C24H21Cl2N3O4S3/c1-33-18-10-9-16(25)22-21(18)27-24(35-22)28(14-15-6-3-2-4-7-15)23(30)17-8-5-13-29(17)36(31,32)20-12-11-19(26)34-20/h2-4,6-7,9-12,17H,5,8,13-14H2,1H3. The van der Waals surface area contributed by atoms with E-state index in [0.29, 0.717) is 43.3 Å². The van der Waals surface area contributed by atoms with Crippen molar-refractivity contribution in [3.63, 3.8) is 0 Å². The number of carbonyl (C=O) groups excluding carboxylic acids is 1. The predicted molar refractivity (Wildman–Crippen MR) is 145 cm³/mol. The third-order valence-corrected chi connectivity index (χ3v) is 11.1. The van der Waals surface area contributed by atoms with Gasteiger partial charge >= 0.3 is 0 Å². The molecule has 4 aromatic rings. The summed E-state index contributed by atoms with van der Waals surface area (Å²) in [5, 5.41) is 0.926. The van der Waals surface area contributed by atoms with Gasteiger partial charge < -0.3 is 4.74 Å². The van der Waals surface area contributed by atoms with E-state index < -0.39 is 16.1 Å². The Balaban J connectivity index is 1.56. The Morgan fingerprint density at radius 1 is 1.14 bits per heavy atom. The molecule has 2 aromatic carbocycles. The molecule has 1 aliphatic heterocycles. The molecule has 7 nitrogen and oxygen atoms in total. The highest BCUT2D eigenvalue weighted by atomic mass is 35.5. The van der Waals surface area contributed by atoms with Gasteiger partial charge in [-0.2, -0.15) is 4.31 Å². The summed E-state index contributed by atoms with van der Waals surface area (Å²) in [6, 6.07) is 15.1. The van der Waals surface area contributed by atoms with Crippen LogP contribution in [0.1, 0.15) is 18.4 Å². The second-order valence-corrected chi connectivity index (χ2v) is 13.4. The molecular formula is C24H21Cl2N3O4S3. The molecule has 188 valence electrons. The molecule has 36 heavy (non-hydrogen) atoms. The number of nitrogens with zero attached hydrogens (tertiary/aromatic N) is 3. The molecule has 1 atom stereocenters. The lowest BCUT2D eigenvalue weighted by molar-refractivity contribution is -0.121. The molecule has 0 N–H and O–H groups in total. The molecule has 12 heteroatoms. The zero-order valence-corrected chi connectivity index (χ0v) is 23.0. The molecule has 0 bridgehead atoms. The lowest BCUT2D eigenvalue weighted by Gasteiger charge is -2.28. The van der Waals surface area contributed by atoms with Crippen molar-refractivity contribution >= 4 is 77.2 Å². The Bertz CT molecular complexity index is 1520. The van der Waals surface area contributed by atoms with Crippen LogP contribution in [0.4, 0.5) is 5.13 Å². The van der Waals surface area contributed by atoms with E-state index in [2.05, 4.69) is 0 Å². The molecule has 0 radical (unpaired) electrons. The molecular weight excluding hydrogens is 561 g/mol. The first-order valence-electron chi connectivity index (χ1n) is 11.0. The molecule has 1 amide bonds. The number of fused-ring (bicyclic) bond motifs is 1. The van der Waals surface area contributed by atoms with Crippen molar-refractivity contribution in [3.05, 3.63) is 69.5 Å². The topological polar surface area (TPSA) is 79.8 Å². The molecule has 1 saturated heterocycles. The van der Waals surface area contributed by atoms with Gasteiger partial charge in [-0.25, -0.2) is 13.4 Å². The van der Waals surface area contributed by atoms with Gasteiger partial charge in [0.05, 0.1) is 27.7 Å². The molecule has 3 heterocycles. The van der Waals surface area contributed by atoms with E-state index >= 15 is 0 Å². The maximum atomic E-state index is 14.1. The second kappa shape index (κ2) is 10.3. The SMILES string of the molecule is COc1ccc(Cl)c2sc(N(Cc3ccccc3)C(=O)C3CCCN3S(=O)(=O)c3ccc(Cl)s3)nc12. The number of hydrogen-bond donors (Lipinski definition) is 0. The number of aromatic nitrogens is 1. The number of rotatable bonds is 7. The Kier molecular flexibility index (Phi) is 7.26. The Labute approximate surface area is 226 Å². The van der Waals surface area contributed by atoms with Crippen molar-refractivity contribution in [2.45, 2.75) is 29.6 Å². The molecule has 5 rings (SSSR count). The molecule has 1 unspecified atom stereocenters. The van der Waals surface area contributed by atoms with E-state index in [1.807, 2.05) is 30.3 Å². The van der Waals surface area contributed by atoms with Crippen LogP contribution < -0.4 is 9.64 Å². The number of methoxy groups -OCH3 is 1. The Hall–Kier alpha value is -2.21. The third-order valence-electron chi connectivity index (χ3n) is 5.95. The van der Waals surface area contributed by atoms with Gasteiger partial charge in [-0.05, 0) is 42.7 Å². The fourth-order valence-corrected chi connectivity index (χ4v) is 8.76. The average molecular weight is 583 g/mol. The zero-order valence-electron chi connectivity index (χ0n) is 19.1. The molecule has 0 spiro atoms. The van der Waals surface area contributed by atoms with Crippen LogP contribution in [0.25, 0.3) is 10.2 Å². The van der Waals surface area contributed by atoms with Crippen molar-refractivity contribution in [2.75, 3.05) is 18.6 Å². The summed E-state index contributed by atoms with van der Waals surface area (Å²) in [6.07, 6.45) is 0.991. The summed E-state index contributed by atoms with van der Waals surface area (Å²) >= 11 is 14.7. The van der Waals surface area contributed by atoms with Gasteiger partial charge in [0, 0.05) is 6.54 Å². The maximum Gasteiger partial charge on any atom is 0.253 e. The monoisotopic (exact) mass is 581 g/mol. The van der Waals surface area contributed by atoms with Gasteiger partial charge in [-0.15, -0.1) is 11.3 Å². The van der Waals surface area contributed by atoms with Crippen LogP contribution in [0.5, 0.6) is 5.75 Å². The summed E-state index contributed by atoms with van der Waals surface area (Å²) in [6.45, 7) is 0.488. The van der Waals surface area contributed by atoms with Crippen molar-refractivity contribution in [3.8, 4) is 5.75 Å². The van der Waals surface area contributed by atoms with E-state index in [-0.39, 0.29) is 23.2 Å². The summed E-state index contributed by atoms with van der Waals surface area (Å²) in [4.78, 5) is 20.3. The number of thiazole rings is 1. The number of anilines is 1. The lowest BCUT2D eigenvalue weighted by Crippen LogP contribution is -2.47. The Morgan fingerprint density at radius 3 is 2.61 bits per heavy atom. The smallest absolute Gasteiger partial charge is 0.253 e. The van der Waals surface area contributed by atoms with Gasteiger partial charge in [0.15, 0.2) is 5.13 Å². The highest BCUT2D eigenvalue weighted by Crippen LogP contribution is 2.40. The van der Waals surface area contributed by atoms with Crippen molar-refractivity contribution in [2.24, 2.45) is 0 Å². The number of halogens is 2. The number of benzene rings is 2. The quantitative estimate of drug-likeness (QED) is 0.265. The van der Waals surface area contributed by atoms with Crippen LogP contribution in [-0.2, 0) is 21.4 Å². The molecule has 1 aliphatic rings. The zero-order chi connectivity index (χ0) is 25.4. The Morgan fingerprint density at radius 2 is 1.92 bits per heavy atom. The van der Waals surface area contributed by atoms with Crippen LogP contribution in [0, 0.1) is 0 Å².